The molecule has 0 atom stereocenters. The lowest BCUT2D eigenvalue weighted by atomic mass is 10.9. The van der Waals surface area contributed by atoms with E-state index in [1.54, 1.807) is 6.19 Å². The molecule has 0 unspecified atom stereocenters. The highest BCUT2D eigenvalue weighted by atomic mass is 32.1. The molecule has 0 spiro atoms. The van der Waals surface area contributed by atoms with E-state index in [0.717, 1.165) is 4.68 Å². The van der Waals surface area contributed by atoms with Gasteiger partial charge in [-0.2, -0.15) is 9.94 Å². The maximum atomic E-state index is 8.13. The van der Waals surface area contributed by atoms with Gasteiger partial charge in [-0.05, 0) is 0 Å². The summed E-state index contributed by atoms with van der Waals surface area (Å²) in [6, 6.07) is 0. The van der Waals surface area contributed by atoms with E-state index >= 15 is 0 Å². The van der Waals surface area contributed by atoms with Crippen LogP contribution >= 0.6 is 12.6 Å². The molecule has 1 aromatic rings. The Morgan fingerprint density at radius 1 is 1.88 bits per heavy atom. The van der Waals surface area contributed by atoms with Gasteiger partial charge >= 0.3 is 0 Å². The molecule has 0 saturated heterocycles. The van der Waals surface area contributed by atoms with Crippen molar-refractivity contribution in [3.63, 3.8) is 0 Å². The third-order valence-corrected chi connectivity index (χ3v) is 0.789. The first-order valence-corrected chi connectivity index (χ1v) is 2.29. The first-order valence-electron chi connectivity index (χ1n) is 1.84. The summed E-state index contributed by atoms with van der Waals surface area (Å²) in [6.07, 6.45) is 3.16. The molecule has 0 aliphatic heterocycles. The van der Waals surface area contributed by atoms with Crippen LogP contribution in [0.15, 0.2) is 11.2 Å². The molecule has 0 saturated carbocycles. The van der Waals surface area contributed by atoms with Gasteiger partial charge in [0.05, 0.1) is 6.20 Å². The Balaban J connectivity index is 3.05. The van der Waals surface area contributed by atoms with Crippen molar-refractivity contribution in [1.29, 1.82) is 5.26 Å². The van der Waals surface area contributed by atoms with E-state index in [-0.39, 0.29) is 0 Å². The summed E-state index contributed by atoms with van der Waals surface area (Å²) >= 11 is 3.81. The van der Waals surface area contributed by atoms with Crippen molar-refractivity contribution in [2.45, 2.75) is 5.03 Å². The molecule has 1 heterocycles. The summed E-state index contributed by atoms with van der Waals surface area (Å²) in [5.74, 6) is 0. The van der Waals surface area contributed by atoms with Crippen molar-refractivity contribution >= 4 is 12.6 Å². The molecule has 1 aromatic heterocycles. The van der Waals surface area contributed by atoms with Crippen molar-refractivity contribution in [3.8, 4) is 6.19 Å². The largest absolute Gasteiger partial charge is 0.207 e. The van der Waals surface area contributed by atoms with Gasteiger partial charge in [0.15, 0.2) is 0 Å². The van der Waals surface area contributed by atoms with Crippen LogP contribution in [0.25, 0.3) is 0 Å². The van der Waals surface area contributed by atoms with E-state index < -0.39 is 0 Å². The molecule has 0 bridgehead atoms. The number of hydrogen-bond donors (Lipinski definition) is 1. The molecule has 8 heavy (non-hydrogen) atoms. The molecule has 0 aliphatic carbocycles. The van der Waals surface area contributed by atoms with Crippen LogP contribution in [0.3, 0.4) is 0 Å². The monoisotopic (exact) mass is 126 g/mol. The molecule has 1 rings (SSSR count). The zero-order valence-corrected chi connectivity index (χ0v) is 4.71. The van der Waals surface area contributed by atoms with Crippen molar-refractivity contribution in [2.24, 2.45) is 0 Å². The van der Waals surface area contributed by atoms with Crippen molar-refractivity contribution in [1.82, 2.24) is 15.0 Å². The number of aromatic nitrogens is 3. The second kappa shape index (κ2) is 1.84. The topological polar surface area (TPSA) is 54.5 Å². The quantitative estimate of drug-likeness (QED) is 0.494. The second-order valence-electron chi connectivity index (χ2n) is 1.12. The van der Waals surface area contributed by atoms with E-state index in [1.807, 2.05) is 0 Å². The predicted molar refractivity (Wildman–Crippen MR) is 28.3 cm³/mol. The Labute approximate surface area is 51.1 Å². The summed E-state index contributed by atoms with van der Waals surface area (Å²) in [6.45, 7) is 0. The molecule has 0 N–H and O–H groups in total. The van der Waals surface area contributed by atoms with E-state index in [2.05, 4.69) is 22.9 Å². The van der Waals surface area contributed by atoms with Gasteiger partial charge in [0.25, 0.3) is 0 Å². The normalized spacial score (nSPS) is 8.50. The number of thiol groups is 1. The molecule has 0 aromatic carbocycles. The zero-order valence-electron chi connectivity index (χ0n) is 3.81. The first-order chi connectivity index (χ1) is 3.83. The fourth-order valence-electron chi connectivity index (χ4n) is 0.304. The number of nitrogens with zero attached hydrogens (tertiary/aromatic N) is 4. The van der Waals surface area contributed by atoms with Crippen LogP contribution in [-0.4, -0.2) is 15.0 Å². The van der Waals surface area contributed by atoms with Crippen LogP contribution in [0, 0.1) is 11.5 Å². The summed E-state index contributed by atoms with van der Waals surface area (Å²) in [5.41, 5.74) is 0. The van der Waals surface area contributed by atoms with E-state index in [1.165, 1.54) is 6.20 Å². The van der Waals surface area contributed by atoms with Gasteiger partial charge in [-0.3, -0.25) is 0 Å². The summed E-state index contributed by atoms with van der Waals surface area (Å²) in [4.78, 5) is 0. The van der Waals surface area contributed by atoms with E-state index in [4.69, 9.17) is 5.26 Å². The SMILES string of the molecule is N#Cn1cc(S)nn1. The molecule has 0 radical (unpaired) electrons. The van der Waals surface area contributed by atoms with Crippen molar-refractivity contribution in [3.05, 3.63) is 6.20 Å². The highest BCUT2D eigenvalue weighted by molar-refractivity contribution is 7.80. The molecular formula is C3H2N4S. The van der Waals surface area contributed by atoms with E-state index in [9.17, 15) is 0 Å². The smallest absolute Gasteiger partial charge is 0.170 e. The molecule has 5 heteroatoms. The molecule has 40 valence electrons. The predicted octanol–water partition coefficient (Wildman–Crippen LogP) is -0.104. The maximum absolute atomic E-state index is 8.13. The highest BCUT2D eigenvalue weighted by Gasteiger charge is 1.89. The molecule has 0 amide bonds. The van der Waals surface area contributed by atoms with E-state index in [0.29, 0.717) is 5.03 Å². The minimum Gasteiger partial charge on any atom is -0.170 e. The Bertz CT molecular complexity index is 221. The average Bonchev–Trinajstić information content (AvgIpc) is 2.14. The Kier molecular flexibility index (Phi) is 1.18. The zero-order chi connectivity index (χ0) is 5.98. The highest BCUT2D eigenvalue weighted by Crippen LogP contribution is 1.94. The standard InChI is InChI=1S/C3H2N4S/c4-2-7-1-3(8)5-6-7/h1,8H. The molecular weight excluding hydrogens is 124 g/mol. The van der Waals surface area contributed by atoms with Gasteiger partial charge in [0.2, 0.25) is 6.19 Å². The van der Waals surface area contributed by atoms with Crippen molar-refractivity contribution in [2.75, 3.05) is 0 Å². The minimum atomic E-state index is 0.451. The maximum Gasteiger partial charge on any atom is 0.207 e. The van der Waals surface area contributed by atoms with Gasteiger partial charge in [-0.25, -0.2) is 0 Å². The summed E-state index contributed by atoms with van der Waals surface area (Å²) in [5, 5.41) is 15.4. The van der Waals surface area contributed by atoms with Crippen LogP contribution in [0.4, 0.5) is 0 Å². The lowest BCUT2D eigenvalue weighted by molar-refractivity contribution is 0.808. The number of nitriles is 1. The average molecular weight is 126 g/mol. The number of hydrogen-bond acceptors (Lipinski definition) is 4. The Hall–Kier alpha value is -1.02. The third kappa shape index (κ3) is 0.792. The fraction of sp³-hybridized carbons (Fsp3) is 0. The molecule has 4 nitrogen and oxygen atoms in total. The van der Waals surface area contributed by atoms with Crippen LogP contribution < -0.4 is 0 Å². The Morgan fingerprint density at radius 2 is 2.62 bits per heavy atom. The van der Waals surface area contributed by atoms with Crippen LogP contribution in [0.5, 0.6) is 0 Å². The van der Waals surface area contributed by atoms with Crippen LogP contribution in [0.1, 0.15) is 0 Å². The Morgan fingerprint density at radius 3 is 2.88 bits per heavy atom. The minimum absolute atomic E-state index is 0.451. The molecule has 0 aliphatic rings. The summed E-state index contributed by atoms with van der Waals surface area (Å²) < 4.78 is 1.03. The lowest BCUT2D eigenvalue weighted by Crippen LogP contribution is -1.86. The van der Waals surface area contributed by atoms with Gasteiger partial charge in [-0.15, -0.1) is 17.7 Å². The molecule has 0 fully saturated rings. The second-order valence-corrected chi connectivity index (χ2v) is 1.58. The van der Waals surface area contributed by atoms with Gasteiger partial charge in [0, 0.05) is 0 Å². The van der Waals surface area contributed by atoms with Crippen molar-refractivity contribution < 1.29 is 0 Å². The van der Waals surface area contributed by atoms with Gasteiger partial charge in [0.1, 0.15) is 5.03 Å². The van der Waals surface area contributed by atoms with Gasteiger partial charge < -0.3 is 0 Å². The summed E-state index contributed by atoms with van der Waals surface area (Å²) in [7, 11) is 0. The third-order valence-electron chi connectivity index (χ3n) is 0.584. The fourth-order valence-corrected chi connectivity index (χ4v) is 0.453. The van der Waals surface area contributed by atoms with Gasteiger partial charge in [-0.1, -0.05) is 5.21 Å². The van der Waals surface area contributed by atoms with Crippen LogP contribution in [0.2, 0.25) is 0 Å². The lowest BCUT2D eigenvalue weighted by Gasteiger charge is -1.70. The first kappa shape index (κ1) is 5.12. The van der Waals surface area contributed by atoms with Crippen LogP contribution in [-0.2, 0) is 0 Å². The number of rotatable bonds is 0.